The molecular weight excluding hydrogens is 297 g/mol. The molecule has 0 aromatic heterocycles. The zero-order chi connectivity index (χ0) is 16.7. The standard InChI is InChI=1S/C18H14FNO3/c19-16-10-13(11-20)6-7-15(16)12-23-18(22)9-8-17(21)14-4-2-1-3-5-14/h1-7,10H,8-9,12H2. The molecule has 0 saturated carbocycles. The number of benzene rings is 2. The molecule has 5 heteroatoms. The number of carbonyl (C=O) groups is 2. The van der Waals surface area contributed by atoms with Crippen LogP contribution in [0.15, 0.2) is 48.5 Å². The van der Waals surface area contributed by atoms with E-state index in [1.807, 2.05) is 6.07 Å². The lowest BCUT2D eigenvalue weighted by atomic mass is 10.1. The maximum Gasteiger partial charge on any atom is 0.306 e. The SMILES string of the molecule is N#Cc1ccc(COC(=O)CCC(=O)c2ccccc2)c(F)c1. The molecule has 0 heterocycles. The average Bonchev–Trinajstić information content (AvgIpc) is 2.59. The second-order valence-corrected chi connectivity index (χ2v) is 4.87. The summed E-state index contributed by atoms with van der Waals surface area (Å²) in [5.74, 6) is -1.32. The van der Waals surface area contributed by atoms with Gasteiger partial charge < -0.3 is 4.74 Å². The fourth-order valence-electron chi connectivity index (χ4n) is 1.95. The van der Waals surface area contributed by atoms with Crippen LogP contribution in [-0.4, -0.2) is 11.8 Å². The van der Waals surface area contributed by atoms with Gasteiger partial charge in [0, 0.05) is 17.5 Å². The van der Waals surface area contributed by atoms with Crippen LogP contribution in [0.1, 0.15) is 34.3 Å². The van der Waals surface area contributed by atoms with Gasteiger partial charge in [-0.2, -0.15) is 5.26 Å². The van der Waals surface area contributed by atoms with E-state index in [1.54, 1.807) is 30.3 Å². The van der Waals surface area contributed by atoms with Gasteiger partial charge in [0.15, 0.2) is 5.78 Å². The van der Waals surface area contributed by atoms with Gasteiger partial charge in [0.2, 0.25) is 0 Å². The first-order chi connectivity index (χ1) is 11.1. The highest BCUT2D eigenvalue weighted by Gasteiger charge is 2.11. The van der Waals surface area contributed by atoms with Gasteiger partial charge in [0.25, 0.3) is 0 Å². The van der Waals surface area contributed by atoms with Crippen molar-refractivity contribution in [3.05, 3.63) is 71.0 Å². The van der Waals surface area contributed by atoms with Crippen LogP contribution < -0.4 is 0 Å². The average molecular weight is 311 g/mol. The lowest BCUT2D eigenvalue weighted by molar-refractivity contribution is -0.144. The van der Waals surface area contributed by atoms with E-state index >= 15 is 0 Å². The molecule has 4 nitrogen and oxygen atoms in total. The number of hydrogen-bond donors (Lipinski definition) is 0. The Morgan fingerprint density at radius 2 is 1.83 bits per heavy atom. The molecule has 0 atom stereocenters. The zero-order valence-electron chi connectivity index (χ0n) is 12.3. The molecule has 2 rings (SSSR count). The molecular formula is C18H14FNO3. The van der Waals surface area contributed by atoms with E-state index < -0.39 is 11.8 Å². The normalized spacial score (nSPS) is 9.91. The number of nitrogens with zero attached hydrogens (tertiary/aromatic N) is 1. The molecule has 0 aliphatic rings. The van der Waals surface area contributed by atoms with Gasteiger partial charge in [-0.3, -0.25) is 9.59 Å². The van der Waals surface area contributed by atoms with Gasteiger partial charge >= 0.3 is 5.97 Å². The Balaban J connectivity index is 1.82. The third kappa shape index (κ3) is 4.75. The molecule has 23 heavy (non-hydrogen) atoms. The van der Waals surface area contributed by atoms with Crippen molar-refractivity contribution in [2.24, 2.45) is 0 Å². The fourth-order valence-corrected chi connectivity index (χ4v) is 1.95. The van der Waals surface area contributed by atoms with E-state index in [-0.39, 0.29) is 36.4 Å². The number of halogens is 1. The van der Waals surface area contributed by atoms with Crippen molar-refractivity contribution < 1.29 is 18.7 Å². The van der Waals surface area contributed by atoms with Crippen LogP contribution in [0, 0.1) is 17.1 Å². The molecule has 0 unspecified atom stereocenters. The smallest absolute Gasteiger partial charge is 0.306 e. The number of Topliss-reactive ketones (excluding diaryl/α,β-unsaturated/α-hetero) is 1. The number of nitriles is 1. The number of carbonyl (C=O) groups excluding carboxylic acids is 2. The second-order valence-electron chi connectivity index (χ2n) is 4.87. The quantitative estimate of drug-likeness (QED) is 0.605. The third-order valence-electron chi connectivity index (χ3n) is 3.22. The Hall–Kier alpha value is -3.00. The molecule has 0 saturated heterocycles. The summed E-state index contributed by atoms with van der Waals surface area (Å²) in [6, 6.07) is 14.4. The van der Waals surface area contributed by atoms with Crippen molar-refractivity contribution in [2.75, 3.05) is 0 Å². The van der Waals surface area contributed by atoms with E-state index in [4.69, 9.17) is 10.00 Å². The van der Waals surface area contributed by atoms with Crippen LogP contribution in [0.3, 0.4) is 0 Å². The van der Waals surface area contributed by atoms with Gasteiger partial charge in [-0.15, -0.1) is 0 Å². The number of ketones is 1. The summed E-state index contributed by atoms with van der Waals surface area (Å²) in [7, 11) is 0. The third-order valence-corrected chi connectivity index (χ3v) is 3.22. The Morgan fingerprint density at radius 1 is 1.09 bits per heavy atom. The minimum Gasteiger partial charge on any atom is -0.461 e. The predicted molar refractivity (Wildman–Crippen MR) is 80.9 cm³/mol. The van der Waals surface area contributed by atoms with Crippen LogP contribution in [0.5, 0.6) is 0 Å². The molecule has 116 valence electrons. The minimum atomic E-state index is -0.600. The maximum atomic E-state index is 13.6. The highest BCUT2D eigenvalue weighted by atomic mass is 19.1. The van der Waals surface area contributed by atoms with Crippen molar-refractivity contribution >= 4 is 11.8 Å². The summed E-state index contributed by atoms with van der Waals surface area (Å²) in [4.78, 5) is 23.5. The molecule has 0 radical (unpaired) electrons. The molecule has 2 aromatic carbocycles. The first-order valence-corrected chi connectivity index (χ1v) is 7.02. The number of rotatable bonds is 6. The molecule has 2 aromatic rings. The molecule has 0 aliphatic heterocycles. The van der Waals surface area contributed by atoms with Gasteiger partial charge in [0.05, 0.1) is 18.1 Å². The van der Waals surface area contributed by atoms with Crippen molar-refractivity contribution in [1.82, 2.24) is 0 Å². The summed E-state index contributed by atoms with van der Waals surface area (Å²) < 4.78 is 18.6. The number of ether oxygens (including phenoxy) is 1. The van der Waals surface area contributed by atoms with Crippen molar-refractivity contribution in [1.29, 1.82) is 5.26 Å². The molecule has 0 bridgehead atoms. The van der Waals surface area contributed by atoms with Crippen LogP contribution in [0.25, 0.3) is 0 Å². The van der Waals surface area contributed by atoms with Gasteiger partial charge in [-0.05, 0) is 12.1 Å². The maximum absolute atomic E-state index is 13.6. The zero-order valence-corrected chi connectivity index (χ0v) is 12.3. The monoisotopic (exact) mass is 311 g/mol. The van der Waals surface area contributed by atoms with Crippen LogP contribution >= 0.6 is 0 Å². The van der Waals surface area contributed by atoms with Crippen LogP contribution in [0.2, 0.25) is 0 Å². The van der Waals surface area contributed by atoms with Crippen LogP contribution in [-0.2, 0) is 16.1 Å². The summed E-state index contributed by atoms with van der Waals surface area (Å²) in [6.45, 7) is -0.226. The number of hydrogen-bond acceptors (Lipinski definition) is 4. The van der Waals surface area contributed by atoms with E-state index in [1.165, 1.54) is 12.1 Å². The first-order valence-electron chi connectivity index (χ1n) is 7.02. The van der Waals surface area contributed by atoms with E-state index in [9.17, 15) is 14.0 Å². The fraction of sp³-hybridized carbons (Fsp3) is 0.167. The molecule has 0 fully saturated rings. The van der Waals surface area contributed by atoms with E-state index in [2.05, 4.69) is 0 Å². The topological polar surface area (TPSA) is 67.2 Å². The van der Waals surface area contributed by atoms with Crippen LogP contribution in [0.4, 0.5) is 4.39 Å². The molecule has 0 amide bonds. The Kier molecular flexibility index (Phi) is 5.59. The van der Waals surface area contributed by atoms with Crippen molar-refractivity contribution in [2.45, 2.75) is 19.4 Å². The molecule has 0 spiro atoms. The summed E-state index contributed by atoms with van der Waals surface area (Å²) in [6.07, 6.45) is -0.0235. The Labute approximate surface area is 133 Å². The highest BCUT2D eigenvalue weighted by Crippen LogP contribution is 2.12. The van der Waals surface area contributed by atoms with E-state index in [0.29, 0.717) is 5.56 Å². The molecule has 0 aliphatic carbocycles. The lowest BCUT2D eigenvalue weighted by Gasteiger charge is -2.06. The van der Waals surface area contributed by atoms with Gasteiger partial charge in [-0.25, -0.2) is 4.39 Å². The van der Waals surface area contributed by atoms with Crippen molar-refractivity contribution in [3.63, 3.8) is 0 Å². The Morgan fingerprint density at radius 3 is 2.48 bits per heavy atom. The Bertz CT molecular complexity index is 751. The minimum absolute atomic E-state index is 0.0404. The summed E-state index contributed by atoms with van der Waals surface area (Å²) in [5.41, 5.74) is 0.927. The number of esters is 1. The summed E-state index contributed by atoms with van der Waals surface area (Å²) in [5, 5.41) is 8.65. The summed E-state index contributed by atoms with van der Waals surface area (Å²) >= 11 is 0. The molecule has 0 N–H and O–H groups in total. The largest absolute Gasteiger partial charge is 0.461 e. The van der Waals surface area contributed by atoms with Crippen molar-refractivity contribution in [3.8, 4) is 6.07 Å². The predicted octanol–water partition coefficient (Wildman–Crippen LogP) is 3.40. The highest BCUT2D eigenvalue weighted by molar-refractivity contribution is 5.97. The van der Waals surface area contributed by atoms with Gasteiger partial charge in [-0.1, -0.05) is 36.4 Å². The second kappa shape index (κ2) is 7.85. The van der Waals surface area contributed by atoms with E-state index in [0.717, 1.165) is 6.07 Å². The lowest BCUT2D eigenvalue weighted by Crippen LogP contribution is -2.09. The first kappa shape index (κ1) is 16.4. The van der Waals surface area contributed by atoms with Gasteiger partial charge in [0.1, 0.15) is 12.4 Å².